The average Bonchev–Trinajstić information content (AvgIpc) is 3.62. The van der Waals surface area contributed by atoms with Crippen molar-refractivity contribution in [2.75, 3.05) is 117 Å². The van der Waals surface area contributed by atoms with Crippen molar-refractivity contribution in [2.45, 2.75) is 111 Å². The van der Waals surface area contributed by atoms with Crippen LogP contribution in [0, 0.1) is 23.3 Å². The zero-order valence-corrected chi connectivity index (χ0v) is 52.2. The van der Waals surface area contributed by atoms with Crippen LogP contribution < -0.4 is 34.9 Å². The summed E-state index contributed by atoms with van der Waals surface area (Å²) in [6.45, 7) is 8.72. The number of urea groups is 1. The number of thioether (sulfide) groups is 1. The molecule has 2 heterocycles. The number of esters is 1. The molecule has 84 heavy (non-hydrogen) atoms. The molecule has 1 radical (unpaired) electrons. The quantitative estimate of drug-likeness (QED) is 0.00712. The molecule has 465 valence electrons. The molecule has 3 aromatic carbocycles. The first kappa shape index (κ1) is 69.7. The Morgan fingerprint density at radius 3 is 1.77 bits per heavy atom. The van der Waals surface area contributed by atoms with Gasteiger partial charge in [0.15, 0.2) is 11.6 Å². The number of nitrogens with zero attached hydrogens (tertiary/aromatic N) is 1. The van der Waals surface area contributed by atoms with E-state index in [4.69, 9.17) is 33.2 Å². The maximum absolute atomic E-state index is 14.4. The van der Waals surface area contributed by atoms with Crippen LogP contribution in [0.3, 0.4) is 0 Å². The Labute approximate surface area is 501 Å². The molecule has 0 aliphatic carbocycles. The second-order valence-corrected chi connectivity index (χ2v) is 29.5. The maximum atomic E-state index is 14.4. The SMILES string of the molecule is CCC[CH2][Sn]([CH2]CCC)[c]1ccc(C(=O)NCCCOCCOCCOCCCNC(=O)c2cc(NC(=O)CCOCCOCCOCCN(C)C(=O)CCCCC3SCC4NC(=O)NC43)cc(C(=O)Oc3c(F)c(F)cc(F)c3F)c2)cc1. The van der Waals surface area contributed by atoms with Gasteiger partial charge < -0.3 is 54.6 Å². The average molecular weight is 1310 g/mol. The third-order valence-electron chi connectivity index (χ3n) is 13.7. The molecule has 5 rings (SSSR count). The first-order valence-corrected chi connectivity index (χ1v) is 35.6. The van der Waals surface area contributed by atoms with Gasteiger partial charge in [-0.1, -0.05) is 6.42 Å². The van der Waals surface area contributed by atoms with Crippen molar-refractivity contribution in [2.24, 2.45) is 0 Å². The van der Waals surface area contributed by atoms with Crippen molar-refractivity contribution in [1.29, 1.82) is 0 Å². The van der Waals surface area contributed by atoms with Gasteiger partial charge in [0.1, 0.15) is 0 Å². The first-order chi connectivity index (χ1) is 40.7. The minimum absolute atomic E-state index is 0.0382. The van der Waals surface area contributed by atoms with E-state index in [9.17, 15) is 46.3 Å². The molecular weight excluding hydrogens is 1230 g/mol. The van der Waals surface area contributed by atoms with Crippen LogP contribution in [-0.2, 0) is 38.0 Å². The number of halogens is 4. The van der Waals surface area contributed by atoms with E-state index >= 15 is 0 Å². The molecule has 25 heteroatoms. The summed E-state index contributed by atoms with van der Waals surface area (Å²) in [5.74, 6) is -11.1. The summed E-state index contributed by atoms with van der Waals surface area (Å²) in [5, 5.41) is 14.5. The fourth-order valence-corrected chi connectivity index (χ4v) is 19.2. The summed E-state index contributed by atoms with van der Waals surface area (Å²) in [7, 11) is 1.74. The Balaban J connectivity index is 0.916. The summed E-state index contributed by atoms with van der Waals surface area (Å²) < 4.78 is 99.0. The van der Waals surface area contributed by atoms with E-state index in [-0.39, 0.29) is 99.9 Å². The number of nitrogens with one attached hydrogen (secondary N) is 5. The van der Waals surface area contributed by atoms with E-state index in [1.807, 2.05) is 23.9 Å². The molecule has 0 spiro atoms. The van der Waals surface area contributed by atoms with Gasteiger partial charge in [-0.15, -0.1) is 0 Å². The van der Waals surface area contributed by atoms with Gasteiger partial charge in [-0.05, 0) is 37.5 Å². The zero-order valence-electron chi connectivity index (χ0n) is 48.5. The molecule has 3 unspecified atom stereocenters. The van der Waals surface area contributed by atoms with Gasteiger partial charge in [0.05, 0.1) is 76.9 Å². The van der Waals surface area contributed by atoms with Gasteiger partial charge in [0, 0.05) is 61.5 Å². The van der Waals surface area contributed by atoms with Crippen LogP contribution in [0.2, 0.25) is 8.87 Å². The minimum atomic E-state index is -1.95. The summed E-state index contributed by atoms with van der Waals surface area (Å²) >= 11 is 0.204. The predicted octanol–water partition coefficient (Wildman–Crippen LogP) is 7.32. The van der Waals surface area contributed by atoms with E-state index in [0.29, 0.717) is 82.8 Å². The van der Waals surface area contributed by atoms with Gasteiger partial charge in [-0.3, -0.25) is 14.4 Å². The molecule has 6 amide bonds. The molecule has 0 saturated carbocycles. The Kier molecular flexibility index (Phi) is 32.8. The summed E-state index contributed by atoms with van der Waals surface area (Å²) in [6.07, 6.45) is 8.92. The van der Waals surface area contributed by atoms with Crippen LogP contribution in [0.4, 0.5) is 28.0 Å². The molecule has 19 nitrogen and oxygen atoms in total. The third-order valence-corrected chi connectivity index (χ3v) is 24.0. The van der Waals surface area contributed by atoms with Gasteiger partial charge in [0.2, 0.25) is 29.2 Å². The number of rotatable bonds is 43. The molecule has 2 aliphatic rings. The number of likely N-dealkylation sites (N-methyl/N-ethyl adjacent to an activating group) is 1. The molecule has 2 fully saturated rings. The molecule has 3 aromatic rings. The topological polar surface area (TPSA) is 230 Å². The van der Waals surface area contributed by atoms with E-state index < -0.39 is 72.1 Å². The number of unbranched alkanes of at least 4 members (excludes halogenated alkanes) is 3. The summed E-state index contributed by atoms with van der Waals surface area (Å²) in [5.41, 5.74) is -0.0619. The number of carbonyl (C=O) groups is 6. The van der Waals surface area contributed by atoms with E-state index in [1.54, 1.807) is 11.9 Å². The zero-order chi connectivity index (χ0) is 60.5. The monoisotopic (exact) mass is 1310 g/mol. The number of amides is 6. The van der Waals surface area contributed by atoms with Crippen LogP contribution in [0.5, 0.6) is 5.75 Å². The van der Waals surface area contributed by atoms with E-state index in [1.165, 1.54) is 44.2 Å². The second-order valence-electron chi connectivity index (χ2n) is 20.2. The van der Waals surface area contributed by atoms with Crippen molar-refractivity contribution >= 4 is 76.4 Å². The summed E-state index contributed by atoms with van der Waals surface area (Å²) in [6, 6.07) is 11.8. The van der Waals surface area contributed by atoms with Gasteiger partial charge in [0.25, 0.3) is 5.91 Å². The number of carbonyl (C=O) groups excluding carboxylic acids is 6. The number of anilines is 1. The van der Waals surface area contributed by atoms with Crippen molar-refractivity contribution in [1.82, 2.24) is 26.2 Å². The summed E-state index contributed by atoms with van der Waals surface area (Å²) in [4.78, 5) is 77.8. The molecule has 2 aliphatic heterocycles. The molecule has 0 bridgehead atoms. The van der Waals surface area contributed by atoms with Crippen LogP contribution in [0.1, 0.15) is 116 Å². The van der Waals surface area contributed by atoms with Gasteiger partial charge in [-0.25, -0.2) is 18.4 Å². The number of hydrogen-bond acceptors (Lipinski definition) is 14. The van der Waals surface area contributed by atoms with Crippen molar-refractivity contribution in [3.05, 3.63) is 88.5 Å². The predicted molar refractivity (Wildman–Crippen MR) is 313 cm³/mol. The number of fused-ring (bicyclic) bond motifs is 1. The van der Waals surface area contributed by atoms with Crippen molar-refractivity contribution < 1.29 is 79.5 Å². The standard InChI is InChI=1S/C51H65F4N6O13S.2C4H9.Sn/c1-61(43(63)12-6-5-11-41-46-40(33-75-41)59-51(67)60-46)16-20-71-24-28-73-27-23-70-19-13-42(62)58-37-30-35(29-36(31-37)50(66)74-47-44(54)38(52)32-39(53)45(47)55)49(65)57-15-8-18-69-22-26-72-25-21-68-17-7-14-56-48(64)34-9-3-2-4-10-34;2*1-3-4-2;/h3-4,9-10,29-32,40-41,46H,5-8,11-28,33H2,1H3,(H,56,64)(H,57,65)(H,58,62)(H2,59,60,67);2*1,3-4H2,2H3;. The number of benzene rings is 3. The molecule has 5 N–H and O–H groups in total. The second kappa shape index (κ2) is 39.6. The van der Waals surface area contributed by atoms with Crippen LogP contribution in [-0.4, -0.2) is 189 Å². The Morgan fingerprint density at radius 2 is 1.18 bits per heavy atom. The van der Waals surface area contributed by atoms with Gasteiger partial charge >= 0.3 is 167 Å². The fraction of sp³-hybridized carbons (Fsp3) is 0.593. The van der Waals surface area contributed by atoms with Crippen LogP contribution in [0.25, 0.3) is 0 Å². The molecular formula is C59H83F4N6O13SSn. The third kappa shape index (κ3) is 25.1. The number of ether oxygens (including phenoxy) is 7. The van der Waals surface area contributed by atoms with E-state index in [2.05, 4.69) is 52.6 Å². The Morgan fingerprint density at radius 1 is 0.631 bits per heavy atom. The number of hydrogen-bond donors (Lipinski definition) is 5. The van der Waals surface area contributed by atoms with Crippen LogP contribution in [0.15, 0.2) is 48.5 Å². The normalized spacial score (nSPS) is 15.4. The first-order valence-electron chi connectivity index (χ1n) is 29.1. The van der Waals surface area contributed by atoms with Crippen molar-refractivity contribution in [3.8, 4) is 5.75 Å². The van der Waals surface area contributed by atoms with Crippen molar-refractivity contribution in [3.63, 3.8) is 0 Å². The van der Waals surface area contributed by atoms with Crippen LogP contribution >= 0.6 is 11.8 Å². The molecule has 0 aromatic heterocycles. The molecule has 3 atom stereocenters. The fourth-order valence-electron chi connectivity index (χ4n) is 9.00. The molecule has 2 saturated heterocycles. The van der Waals surface area contributed by atoms with Gasteiger partial charge in [-0.2, -0.15) is 20.5 Å². The van der Waals surface area contributed by atoms with E-state index in [0.717, 1.165) is 37.1 Å². The Bertz CT molecular complexity index is 2510. The Hall–Kier alpha value is -5.09.